The second-order valence-corrected chi connectivity index (χ2v) is 10.7. The van der Waals surface area contributed by atoms with Gasteiger partial charge >= 0.3 is 6.03 Å². The van der Waals surface area contributed by atoms with Crippen molar-refractivity contribution in [3.8, 4) is 0 Å². The highest BCUT2D eigenvalue weighted by Crippen LogP contribution is 2.20. The van der Waals surface area contributed by atoms with Crippen LogP contribution < -0.4 is 0 Å². The zero-order valence-corrected chi connectivity index (χ0v) is 20.4. The van der Waals surface area contributed by atoms with Crippen LogP contribution in [0.2, 0.25) is 0 Å². The molecule has 34 heavy (non-hydrogen) atoms. The van der Waals surface area contributed by atoms with Crippen LogP contribution >= 0.6 is 0 Å². The van der Waals surface area contributed by atoms with Crippen LogP contribution in [0.1, 0.15) is 35.4 Å². The number of amides is 3. The lowest BCUT2D eigenvalue weighted by molar-refractivity contribution is 0.0622. The summed E-state index contributed by atoms with van der Waals surface area (Å²) in [5.74, 6) is 0.0243. The molecule has 0 N–H and O–H groups in total. The number of hydrogen-bond acceptors (Lipinski definition) is 6. The second kappa shape index (κ2) is 10.6. The number of benzene rings is 1. The van der Waals surface area contributed by atoms with Gasteiger partial charge < -0.3 is 19.1 Å². The summed E-state index contributed by atoms with van der Waals surface area (Å²) in [6.45, 7) is 5.48. The largest absolute Gasteiger partial charge is 0.459 e. The van der Waals surface area contributed by atoms with Gasteiger partial charge in [-0.05, 0) is 57.1 Å². The van der Waals surface area contributed by atoms with E-state index >= 15 is 0 Å². The molecule has 3 amide bonds. The summed E-state index contributed by atoms with van der Waals surface area (Å²) in [5.41, 5.74) is 0.947. The molecule has 2 aromatic rings. The van der Waals surface area contributed by atoms with Gasteiger partial charge in [0.25, 0.3) is 15.9 Å². The molecule has 0 spiro atoms. The Morgan fingerprint density at radius 3 is 2.18 bits per heavy atom. The van der Waals surface area contributed by atoms with E-state index in [0.717, 1.165) is 35.8 Å². The summed E-state index contributed by atoms with van der Waals surface area (Å²) >= 11 is 0. The summed E-state index contributed by atoms with van der Waals surface area (Å²) < 4.78 is 33.2. The Balaban J connectivity index is 1.48. The average Bonchev–Trinajstić information content (AvgIpc) is 3.39. The van der Waals surface area contributed by atoms with E-state index in [1.165, 1.54) is 17.6 Å². The van der Waals surface area contributed by atoms with Gasteiger partial charge in [-0.2, -0.15) is 0 Å². The molecule has 2 aliphatic heterocycles. The first kappa shape index (κ1) is 24.3. The van der Waals surface area contributed by atoms with Crippen molar-refractivity contribution in [2.45, 2.75) is 31.1 Å². The molecule has 2 aliphatic rings. The van der Waals surface area contributed by atoms with Gasteiger partial charge in [-0.15, -0.1) is 0 Å². The second-order valence-electron chi connectivity index (χ2n) is 8.83. The van der Waals surface area contributed by atoms with Crippen molar-refractivity contribution in [2.24, 2.45) is 0 Å². The molecule has 10 heteroatoms. The Bertz CT molecular complexity index is 1070. The van der Waals surface area contributed by atoms with Gasteiger partial charge in [-0.1, -0.05) is 24.1 Å². The molecule has 1 aromatic heterocycles. The molecule has 0 radical (unpaired) electrons. The first-order valence-electron chi connectivity index (χ1n) is 11.8. The van der Waals surface area contributed by atoms with Crippen molar-refractivity contribution in [2.75, 3.05) is 52.4 Å². The fraction of sp³-hybridized carbons (Fsp3) is 0.500. The minimum absolute atomic E-state index is 0.0978. The van der Waals surface area contributed by atoms with E-state index in [4.69, 9.17) is 4.42 Å². The van der Waals surface area contributed by atoms with E-state index in [9.17, 15) is 18.0 Å². The zero-order valence-electron chi connectivity index (χ0n) is 19.6. The lowest BCUT2D eigenvalue weighted by Gasteiger charge is -2.37. The molecule has 9 nitrogen and oxygen atoms in total. The fourth-order valence-electron chi connectivity index (χ4n) is 4.39. The summed E-state index contributed by atoms with van der Waals surface area (Å²) in [5, 5.41) is 0. The Kier molecular flexibility index (Phi) is 7.57. The van der Waals surface area contributed by atoms with E-state index in [-0.39, 0.29) is 36.2 Å². The van der Waals surface area contributed by atoms with Crippen LogP contribution in [0, 0.1) is 6.92 Å². The van der Waals surface area contributed by atoms with Crippen LogP contribution in [0.5, 0.6) is 0 Å². The normalized spacial score (nSPS) is 17.6. The van der Waals surface area contributed by atoms with E-state index in [1.54, 1.807) is 41.3 Å². The maximum absolute atomic E-state index is 13.5. The Morgan fingerprint density at radius 1 is 0.912 bits per heavy atom. The van der Waals surface area contributed by atoms with Crippen molar-refractivity contribution in [1.29, 1.82) is 0 Å². The van der Waals surface area contributed by atoms with Gasteiger partial charge in [0.05, 0.1) is 17.7 Å². The highest BCUT2D eigenvalue weighted by Gasteiger charge is 2.35. The number of nitrogens with zero attached hydrogens (tertiary/aromatic N) is 4. The minimum Gasteiger partial charge on any atom is -0.459 e. The first-order chi connectivity index (χ1) is 16.4. The number of carbonyl (C=O) groups is 2. The number of aryl methyl sites for hydroxylation is 1. The monoisotopic (exact) mass is 488 g/mol. The summed E-state index contributed by atoms with van der Waals surface area (Å²) in [6, 6.07) is 9.29. The highest BCUT2D eigenvalue weighted by molar-refractivity contribution is 7.89. The van der Waals surface area contributed by atoms with Crippen molar-refractivity contribution < 1.29 is 22.4 Å². The smallest absolute Gasteiger partial charge is 0.334 e. The zero-order chi connectivity index (χ0) is 24.1. The standard InChI is InChI=1S/C24H32N4O5S/c1-20-7-9-21(10-8-20)34(31,32)28(18-13-25-11-3-2-4-12-25)24(30)27-16-14-26(15-17-27)23(29)22-6-5-19-33-22/h5-10,19H,2-4,11-18H2,1H3. The Morgan fingerprint density at radius 2 is 1.56 bits per heavy atom. The lowest BCUT2D eigenvalue weighted by Crippen LogP contribution is -2.56. The van der Waals surface area contributed by atoms with Crippen LogP contribution in [-0.2, 0) is 10.0 Å². The minimum atomic E-state index is -4.01. The van der Waals surface area contributed by atoms with Gasteiger partial charge in [-0.3, -0.25) is 4.79 Å². The van der Waals surface area contributed by atoms with Crippen molar-refractivity contribution in [3.63, 3.8) is 0 Å². The molecule has 2 saturated heterocycles. The highest BCUT2D eigenvalue weighted by atomic mass is 32.2. The molecule has 184 valence electrons. The molecule has 1 aromatic carbocycles. The SMILES string of the molecule is Cc1ccc(S(=O)(=O)N(CCN2CCCCC2)C(=O)N2CCN(C(=O)c3ccco3)CC2)cc1. The van der Waals surface area contributed by atoms with Gasteiger partial charge in [0.15, 0.2) is 5.76 Å². The summed E-state index contributed by atoms with van der Waals surface area (Å²) in [4.78, 5) is 31.5. The van der Waals surface area contributed by atoms with Crippen LogP contribution in [0.25, 0.3) is 0 Å². The third kappa shape index (κ3) is 5.44. The molecular formula is C24H32N4O5S. The maximum Gasteiger partial charge on any atom is 0.334 e. The third-order valence-electron chi connectivity index (χ3n) is 6.46. The fourth-order valence-corrected chi connectivity index (χ4v) is 5.76. The van der Waals surface area contributed by atoms with Gasteiger partial charge in [-0.25, -0.2) is 17.5 Å². The number of piperazine rings is 1. The number of likely N-dealkylation sites (tertiary alicyclic amines) is 1. The summed E-state index contributed by atoms with van der Waals surface area (Å²) in [7, 11) is -4.01. The molecule has 0 aliphatic carbocycles. The van der Waals surface area contributed by atoms with E-state index in [1.807, 2.05) is 6.92 Å². The predicted molar refractivity (Wildman–Crippen MR) is 127 cm³/mol. The Hall–Kier alpha value is -2.85. The van der Waals surface area contributed by atoms with E-state index in [0.29, 0.717) is 19.6 Å². The molecular weight excluding hydrogens is 456 g/mol. The number of carbonyl (C=O) groups excluding carboxylic acids is 2. The molecule has 0 saturated carbocycles. The molecule has 0 atom stereocenters. The quantitative estimate of drug-likeness (QED) is 0.621. The van der Waals surface area contributed by atoms with E-state index < -0.39 is 16.1 Å². The summed E-state index contributed by atoms with van der Waals surface area (Å²) in [6.07, 6.45) is 4.81. The third-order valence-corrected chi connectivity index (χ3v) is 8.25. The van der Waals surface area contributed by atoms with Crippen LogP contribution in [0.4, 0.5) is 4.79 Å². The number of urea groups is 1. The molecule has 0 unspecified atom stereocenters. The number of piperidine rings is 1. The number of sulfonamides is 1. The van der Waals surface area contributed by atoms with E-state index in [2.05, 4.69) is 4.90 Å². The lowest BCUT2D eigenvalue weighted by atomic mass is 10.1. The van der Waals surface area contributed by atoms with Gasteiger partial charge in [0, 0.05) is 32.7 Å². The number of hydrogen-bond donors (Lipinski definition) is 0. The molecule has 0 bridgehead atoms. The Labute approximate surface area is 201 Å². The molecule has 4 rings (SSSR count). The average molecular weight is 489 g/mol. The van der Waals surface area contributed by atoms with Crippen molar-refractivity contribution in [3.05, 3.63) is 54.0 Å². The van der Waals surface area contributed by atoms with Gasteiger partial charge in [0.1, 0.15) is 0 Å². The van der Waals surface area contributed by atoms with Gasteiger partial charge in [0.2, 0.25) is 0 Å². The molecule has 2 fully saturated rings. The van der Waals surface area contributed by atoms with Crippen LogP contribution in [-0.4, -0.2) is 91.7 Å². The van der Waals surface area contributed by atoms with Crippen molar-refractivity contribution in [1.82, 2.24) is 19.0 Å². The maximum atomic E-state index is 13.5. The van der Waals surface area contributed by atoms with Crippen molar-refractivity contribution >= 4 is 22.0 Å². The van der Waals surface area contributed by atoms with Crippen LogP contribution in [0.15, 0.2) is 52.0 Å². The number of rotatable bonds is 6. The van der Waals surface area contributed by atoms with Crippen LogP contribution in [0.3, 0.4) is 0 Å². The molecule has 3 heterocycles. The number of furan rings is 1. The topological polar surface area (TPSA) is 94.4 Å². The first-order valence-corrected chi connectivity index (χ1v) is 13.2. The predicted octanol–water partition coefficient (Wildman–Crippen LogP) is 2.64.